The summed E-state index contributed by atoms with van der Waals surface area (Å²) in [7, 11) is 0. The third kappa shape index (κ3) is 2.94. The summed E-state index contributed by atoms with van der Waals surface area (Å²) in [6.45, 7) is 0.507. The van der Waals surface area contributed by atoms with Crippen molar-refractivity contribution in [3.05, 3.63) is 12.2 Å². The van der Waals surface area contributed by atoms with Crippen molar-refractivity contribution in [1.82, 2.24) is 4.90 Å². The van der Waals surface area contributed by atoms with Crippen LogP contribution in [0.1, 0.15) is 25.7 Å². The number of carbonyl (C=O) groups excluding carboxylic acids is 3. The minimum absolute atomic E-state index is 0.176. The third-order valence-corrected chi connectivity index (χ3v) is 4.39. The first kappa shape index (κ1) is 12.7. The first-order valence-electron chi connectivity index (χ1n) is 5.81. The van der Waals surface area contributed by atoms with Crippen LogP contribution in [0.2, 0.25) is 0 Å². The van der Waals surface area contributed by atoms with Gasteiger partial charge in [0, 0.05) is 24.6 Å². The van der Waals surface area contributed by atoms with E-state index in [4.69, 9.17) is 0 Å². The molecule has 0 aromatic carbocycles. The molecule has 92 valence electrons. The Hall–Kier alpha value is -0.720. The monoisotopic (exact) mass is 347 g/mol. The maximum Gasteiger partial charge on any atom is 0.253 e. The lowest BCUT2D eigenvalue weighted by atomic mass is 9.82. The molecule has 0 unspecified atom stereocenters. The van der Waals surface area contributed by atoms with Gasteiger partial charge in [0.2, 0.25) is 0 Å². The molecule has 0 saturated heterocycles. The van der Waals surface area contributed by atoms with E-state index in [0.717, 1.165) is 25.7 Å². The fraction of sp³-hybridized carbons (Fsp3) is 0.583. The van der Waals surface area contributed by atoms with Crippen molar-refractivity contribution in [2.45, 2.75) is 25.7 Å². The molecule has 0 N–H and O–H groups in total. The van der Waals surface area contributed by atoms with Gasteiger partial charge < -0.3 is 0 Å². The fourth-order valence-electron chi connectivity index (χ4n) is 2.44. The average Bonchev–Trinajstić information content (AvgIpc) is 2.61. The van der Waals surface area contributed by atoms with E-state index < -0.39 is 0 Å². The predicted molar refractivity (Wildman–Crippen MR) is 70.3 cm³/mol. The molecular weight excluding hydrogens is 333 g/mol. The summed E-state index contributed by atoms with van der Waals surface area (Å²) < 4.78 is 0.232. The molecule has 1 saturated carbocycles. The Morgan fingerprint density at radius 1 is 1.18 bits per heavy atom. The van der Waals surface area contributed by atoms with E-state index in [1.165, 1.54) is 17.1 Å². The summed E-state index contributed by atoms with van der Waals surface area (Å²) in [5, 5.41) is 0. The van der Waals surface area contributed by atoms with Crippen molar-refractivity contribution in [3.63, 3.8) is 0 Å². The van der Waals surface area contributed by atoms with Gasteiger partial charge in [-0.25, -0.2) is 0 Å². The molecule has 5 heteroatoms. The van der Waals surface area contributed by atoms with Crippen LogP contribution in [0.25, 0.3) is 0 Å². The zero-order chi connectivity index (χ0) is 12.4. The molecule has 0 aromatic rings. The van der Waals surface area contributed by atoms with Gasteiger partial charge in [-0.05, 0) is 54.2 Å². The smallest absolute Gasteiger partial charge is 0.253 e. The molecule has 1 aliphatic heterocycles. The maximum absolute atomic E-state index is 11.4. The second kappa shape index (κ2) is 5.29. The number of rotatable bonds is 3. The number of amides is 2. The molecule has 2 rings (SSSR count). The van der Waals surface area contributed by atoms with E-state index in [2.05, 4.69) is 0 Å². The minimum atomic E-state index is -0.206. The summed E-state index contributed by atoms with van der Waals surface area (Å²) in [5.74, 6) is 0.119. The van der Waals surface area contributed by atoms with Crippen LogP contribution in [0.15, 0.2) is 12.2 Å². The van der Waals surface area contributed by atoms with E-state index in [9.17, 15) is 14.4 Å². The highest BCUT2D eigenvalue weighted by Gasteiger charge is 2.30. The second-order valence-corrected chi connectivity index (χ2v) is 5.71. The van der Waals surface area contributed by atoms with Crippen LogP contribution in [0, 0.1) is 11.8 Å². The fourth-order valence-corrected chi connectivity index (χ4v) is 3.06. The molecule has 1 heterocycles. The van der Waals surface area contributed by atoms with Crippen molar-refractivity contribution in [1.29, 1.82) is 0 Å². The summed E-state index contributed by atoms with van der Waals surface area (Å²) in [4.78, 5) is 35.3. The second-order valence-electron chi connectivity index (χ2n) is 4.64. The number of imide groups is 1. The average molecular weight is 347 g/mol. The normalized spacial score (nSPS) is 28.9. The Morgan fingerprint density at radius 3 is 2.18 bits per heavy atom. The van der Waals surface area contributed by atoms with Crippen molar-refractivity contribution in [3.8, 4) is 0 Å². The molecule has 4 nitrogen and oxygen atoms in total. The largest absolute Gasteiger partial charge is 0.287 e. The number of hydrogen-bond donors (Lipinski definition) is 0. The summed E-state index contributed by atoms with van der Waals surface area (Å²) in [6.07, 6.45) is 6.27. The van der Waals surface area contributed by atoms with Crippen molar-refractivity contribution >= 4 is 38.2 Å². The van der Waals surface area contributed by atoms with Gasteiger partial charge in [0.1, 0.15) is 0 Å². The molecule has 0 atom stereocenters. The number of carbonyl (C=O) groups is 3. The third-order valence-electron chi connectivity index (χ3n) is 3.51. The summed E-state index contributed by atoms with van der Waals surface area (Å²) in [5.41, 5.74) is 0. The number of hydrogen-bond acceptors (Lipinski definition) is 3. The first-order chi connectivity index (χ1) is 8.08. The highest BCUT2D eigenvalue weighted by Crippen LogP contribution is 2.31. The van der Waals surface area contributed by atoms with Gasteiger partial charge in [-0.2, -0.15) is 0 Å². The quantitative estimate of drug-likeness (QED) is 0.444. The van der Waals surface area contributed by atoms with Gasteiger partial charge in [0.05, 0.1) is 0 Å². The molecular formula is C12H14INO3. The van der Waals surface area contributed by atoms with Crippen molar-refractivity contribution in [2.75, 3.05) is 6.54 Å². The first-order valence-corrected chi connectivity index (χ1v) is 6.88. The van der Waals surface area contributed by atoms with E-state index in [1.807, 2.05) is 22.6 Å². The molecule has 2 amide bonds. The Bertz CT molecular complexity index is 365. The maximum atomic E-state index is 11.4. The Labute approximate surface area is 114 Å². The zero-order valence-electron chi connectivity index (χ0n) is 9.39. The van der Waals surface area contributed by atoms with E-state index in [0.29, 0.717) is 12.5 Å². The van der Waals surface area contributed by atoms with Crippen LogP contribution in [0.5, 0.6) is 0 Å². The van der Waals surface area contributed by atoms with E-state index in [1.54, 1.807) is 0 Å². The van der Waals surface area contributed by atoms with Crippen LogP contribution in [0.4, 0.5) is 0 Å². The van der Waals surface area contributed by atoms with Gasteiger partial charge >= 0.3 is 0 Å². The van der Waals surface area contributed by atoms with Crippen LogP contribution >= 0.6 is 22.6 Å². The van der Waals surface area contributed by atoms with Crippen LogP contribution in [0.3, 0.4) is 0 Å². The number of halogens is 1. The van der Waals surface area contributed by atoms with Crippen LogP contribution < -0.4 is 0 Å². The van der Waals surface area contributed by atoms with Gasteiger partial charge in [-0.1, -0.05) is 0 Å². The molecule has 0 aromatic heterocycles. The Morgan fingerprint density at radius 2 is 1.71 bits per heavy atom. The molecule has 1 aliphatic carbocycles. The SMILES string of the molecule is O=C(I)C1CCC(CN2C(=O)C=CC2=O)CC1. The lowest BCUT2D eigenvalue weighted by molar-refractivity contribution is -0.137. The molecule has 0 bridgehead atoms. The lowest BCUT2D eigenvalue weighted by Crippen LogP contribution is -2.36. The van der Waals surface area contributed by atoms with Crippen molar-refractivity contribution in [2.24, 2.45) is 11.8 Å². The zero-order valence-corrected chi connectivity index (χ0v) is 11.6. The molecule has 2 aliphatic rings. The minimum Gasteiger partial charge on any atom is -0.287 e. The summed E-state index contributed by atoms with van der Waals surface area (Å²) >= 11 is 1.86. The number of nitrogens with zero attached hydrogens (tertiary/aromatic N) is 1. The van der Waals surface area contributed by atoms with Gasteiger partial charge in [0.25, 0.3) is 11.8 Å². The molecule has 0 spiro atoms. The van der Waals surface area contributed by atoms with Gasteiger partial charge in [0.15, 0.2) is 3.79 Å². The Kier molecular flexibility index (Phi) is 3.96. The van der Waals surface area contributed by atoms with Crippen LogP contribution in [-0.2, 0) is 14.4 Å². The van der Waals surface area contributed by atoms with Gasteiger partial charge in [-0.3, -0.25) is 19.3 Å². The highest BCUT2D eigenvalue weighted by atomic mass is 127. The molecule has 1 fully saturated rings. The summed E-state index contributed by atoms with van der Waals surface area (Å²) in [6, 6.07) is 0. The topological polar surface area (TPSA) is 54.5 Å². The van der Waals surface area contributed by atoms with Crippen LogP contribution in [-0.4, -0.2) is 27.0 Å². The lowest BCUT2D eigenvalue weighted by Gasteiger charge is -2.29. The van der Waals surface area contributed by atoms with Crippen molar-refractivity contribution < 1.29 is 14.4 Å². The predicted octanol–water partition coefficient (Wildman–Crippen LogP) is 1.68. The van der Waals surface area contributed by atoms with E-state index in [-0.39, 0.29) is 21.5 Å². The Balaban J connectivity index is 1.84. The van der Waals surface area contributed by atoms with Gasteiger partial charge in [-0.15, -0.1) is 0 Å². The highest BCUT2D eigenvalue weighted by molar-refractivity contribution is 14.1. The molecule has 0 radical (unpaired) electrons. The molecule has 17 heavy (non-hydrogen) atoms. The standard InChI is InChI=1S/C12H14INO3/c13-12(17)9-3-1-8(2-4-9)7-14-10(15)5-6-11(14)16/h5-6,8-9H,1-4,7H2. The van der Waals surface area contributed by atoms with E-state index >= 15 is 0 Å².